The summed E-state index contributed by atoms with van der Waals surface area (Å²) in [5.74, 6) is 0.430. The van der Waals surface area contributed by atoms with Gasteiger partial charge in [0.1, 0.15) is 5.75 Å². The van der Waals surface area contributed by atoms with E-state index in [0.29, 0.717) is 5.56 Å². The highest BCUT2D eigenvalue weighted by molar-refractivity contribution is 5.92. The zero-order valence-corrected chi connectivity index (χ0v) is 18.7. The van der Waals surface area contributed by atoms with Gasteiger partial charge in [-0.25, -0.2) is 4.79 Å². The molecule has 0 N–H and O–H groups in total. The first-order valence-corrected chi connectivity index (χ1v) is 10.2. The molecular weight excluding hydrogens is 376 g/mol. The van der Waals surface area contributed by atoms with E-state index in [-0.39, 0.29) is 11.5 Å². The average Bonchev–Trinajstić information content (AvgIpc) is 2.74. The van der Waals surface area contributed by atoms with Crippen molar-refractivity contribution >= 4 is 29.1 Å². The Morgan fingerprint density at radius 3 is 2.47 bits per heavy atom. The quantitative estimate of drug-likeness (QED) is 0.460. The molecule has 1 aliphatic heterocycles. The van der Waals surface area contributed by atoms with Gasteiger partial charge >= 0.3 is 5.97 Å². The average molecular weight is 407 g/mol. The highest BCUT2D eigenvalue weighted by Gasteiger charge is 2.31. The Kier molecular flexibility index (Phi) is 6.30. The summed E-state index contributed by atoms with van der Waals surface area (Å²) < 4.78 is 10.4. The molecule has 0 radical (unpaired) electrons. The first-order valence-electron chi connectivity index (χ1n) is 10.2. The van der Waals surface area contributed by atoms with Gasteiger partial charge in [-0.3, -0.25) is 4.99 Å². The predicted molar refractivity (Wildman–Crippen MR) is 123 cm³/mol. The number of carbonyl (C=O) groups is 1. The van der Waals surface area contributed by atoms with Gasteiger partial charge in [-0.2, -0.15) is 0 Å². The molecule has 5 heteroatoms. The smallest absolute Gasteiger partial charge is 0.337 e. The van der Waals surface area contributed by atoms with Crippen molar-refractivity contribution in [3.05, 3.63) is 59.2 Å². The van der Waals surface area contributed by atoms with E-state index in [2.05, 4.69) is 55.8 Å². The van der Waals surface area contributed by atoms with Crippen LogP contribution in [0.25, 0.3) is 5.57 Å². The minimum Gasteiger partial charge on any atom is -0.496 e. The second kappa shape index (κ2) is 8.74. The second-order valence-electron chi connectivity index (χ2n) is 8.04. The lowest BCUT2D eigenvalue weighted by Crippen LogP contribution is -2.45. The maximum Gasteiger partial charge on any atom is 0.337 e. The Balaban J connectivity index is 1.98. The zero-order chi connectivity index (χ0) is 21.9. The number of nitrogens with zero attached hydrogens (tertiary/aromatic N) is 2. The lowest BCUT2D eigenvalue weighted by molar-refractivity contribution is 0.0601. The number of rotatable bonds is 6. The van der Waals surface area contributed by atoms with Crippen molar-refractivity contribution in [3.8, 4) is 5.75 Å². The topological polar surface area (TPSA) is 51.1 Å². The van der Waals surface area contributed by atoms with E-state index in [4.69, 9.17) is 9.47 Å². The van der Waals surface area contributed by atoms with Gasteiger partial charge in [-0.05, 0) is 63.1 Å². The molecule has 0 fully saturated rings. The van der Waals surface area contributed by atoms with Gasteiger partial charge in [0.05, 0.1) is 31.0 Å². The fourth-order valence-corrected chi connectivity index (χ4v) is 3.98. The van der Waals surface area contributed by atoms with Crippen LogP contribution in [0.5, 0.6) is 5.75 Å². The first-order chi connectivity index (χ1) is 14.3. The van der Waals surface area contributed by atoms with E-state index >= 15 is 0 Å². The van der Waals surface area contributed by atoms with Crippen LogP contribution in [-0.4, -0.2) is 38.5 Å². The Morgan fingerprint density at radius 1 is 1.17 bits per heavy atom. The predicted octanol–water partition coefficient (Wildman–Crippen LogP) is 5.64. The van der Waals surface area contributed by atoms with E-state index in [9.17, 15) is 4.79 Å². The molecule has 0 saturated heterocycles. The number of anilines is 1. The molecule has 0 bridgehead atoms. The Labute approximate surface area is 179 Å². The van der Waals surface area contributed by atoms with Crippen LogP contribution < -0.4 is 9.64 Å². The van der Waals surface area contributed by atoms with Crippen LogP contribution in [0.3, 0.4) is 0 Å². The largest absolute Gasteiger partial charge is 0.496 e. The van der Waals surface area contributed by atoms with Crippen molar-refractivity contribution in [2.45, 2.75) is 39.7 Å². The van der Waals surface area contributed by atoms with Crippen LogP contribution in [0.1, 0.15) is 55.6 Å². The normalized spacial score (nSPS) is 15.0. The summed E-state index contributed by atoms with van der Waals surface area (Å²) in [6, 6.07) is 11.3. The van der Waals surface area contributed by atoms with Crippen molar-refractivity contribution in [2.75, 3.05) is 25.7 Å². The lowest BCUT2D eigenvalue weighted by atomic mass is 9.87. The lowest BCUT2D eigenvalue weighted by Gasteiger charge is -2.43. The molecular formula is C25H30N2O3. The standard InChI is InChI=1S/C25H30N2O3/c1-7-12-27-22-14-23(29-5)19(13-21(22)17(2)15-25(27,3)4)16-26-20-10-8-18(9-11-20)24(28)30-6/h8-11,13-16H,7,12H2,1-6H3. The first kappa shape index (κ1) is 21.6. The highest BCUT2D eigenvalue weighted by Crippen LogP contribution is 2.42. The van der Waals surface area contributed by atoms with Gasteiger partial charge in [-0.15, -0.1) is 0 Å². The molecule has 1 aliphatic rings. The number of ether oxygens (including phenoxy) is 2. The van der Waals surface area contributed by atoms with Gasteiger partial charge in [0, 0.05) is 35.6 Å². The summed E-state index contributed by atoms with van der Waals surface area (Å²) in [7, 11) is 3.06. The third-order valence-electron chi connectivity index (χ3n) is 5.42. The number of esters is 1. The van der Waals surface area contributed by atoms with Crippen LogP contribution >= 0.6 is 0 Å². The molecule has 3 rings (SSSR count). The second-order valence-corrected chi connectivity index (χ2v) is 8.04. The summed E-state index contributed by atoms with van der Waals surface area (Å²) in [5, 5.41) is 0. The van der Waals surface area contributed by atoms with Crippen LogP contribution in [0.15, 0.2) is 47.5 Å². The van der Waals surface area contributed by atoms with Crippen molar-refractivity contribution in [3.63, 3.8) is 0 Å². The third-order valence-corrected chi connectivity index (χ3v) is 5.42. The molecule has 0 spiro atoms. The van der Waals surface area contributed by atoms with Gasteiger partial charge in [-0.1, -0.05) is 13.0 Å². The highest BCUT2D eigenvalue weighted by atomic mass is 16.5. The SMILES string of the molecule is CCCN1c2cc(OC)c(C=Nc3ccc(C(=O)OC)cc3)cc2C(C)=CC1(C)C. The summed E-state index contributed by atoms with van der Waals surface area (Å²) in [5.41, 5.74) is 5.77. The van der Waals surface area contributed by atoms with Crippen molar-refractivity contribution in [1.82, 2.24) is 0 Å². The van der Waals surface area contributed by atoms with Crippen LogP contribution in [0.2, 0.25) is 0 Å². The number of fused-ring (bicyclic) bond motifs is 1. The van der Waals surface area contributed by atoms with Crippen LogP contribution in [0, 0.1) is 0 Å². The van der Waals surface area contributed by atoms with Crippen molar-refractivity contribution in [1.29, 1.82) is 0 Å². The fourth-order valence-electron chi connectivity index (χ4n) is 3.98. The maximum atomic E-state index is 11.6. The van der Waals surface area contributed by atoms with Crippen LogP contribution in [0.4, 0.5) is 11.4 Å². The van der Waals surface area contributed by atoms with Crippen molar-refractivity contribution in [2.24, 2.45) is 4.99 Å². The molecule has 0 amide bonds. The number of hydrogen-bond acceptors (Lipinski definition) is 5. The molecule has 0 aliphatic carbocycles. The molecule has 1 heterocycles. The van der Waals surface area contributed by atoms with Crippen molar-refractivity contribution < 1.29 is 14.3 Å². The Morgan fingerprint density at radius 2 is 1.87 bits per heavy atom. The van der Waals surface area contributed by atoms with E-state index in [1.807, 2.05) is 6.21 Å². The Bertz CT molecular complexity index is 988. The molecule has 2 aromatic carbocycles. The number of hydrogen-bond donors (Lipinski definition) is 0. The van der Waals surface area contributed by atoms with Gasteiger partial charge in [0.15, 0.2) is 0 Å². The summed E-state index contributed by atoms with van der Waals surface area (Å²) in [6.45, 7) is 9.82. The van der Waals surface area contributed by atoms with E-state index in [0.717, 1.165) is 30.0 Å². The molecule has 0 saturated carbocycles. The number of methoxy groups -OCH3 is 2. The summed E-state index contributed by atoms with van der Waals surface area (Å²) in [6.07, 6.45) is 5.20. The number of carbonyl (C=O) groups excluding carboxylic acids is 1. The minimum absolute atomic E-state index is 0.0465. The fraction of sp³-hybridized carbons (Fsp3) is 0.360. The number of allylic oxidation sites excluding steroid dienone is 1. The molecule has 2 aromatic rings. The van der Waals surface area contributed by atoms with E-state index in [1.165, 1.54) is 23.9 Å². The van der Waals surface area contributed by atoms with E-state index < -0.39 is 0 Å². The number of benzene rings is 2. The van der Waals surface area contributed by atoms with Gasteiger partial charge < -0.3 is 14.4 Å². The monoisotopic (exact) mass is 406 g/mol. The number of aliphatic imine (C=N–C) groups is 1. The van der Waals surface area contributed by atoms with E-state index in [1.54, 1.807) is 31.4 Å². The van der Waals surface area contributed by atoms with Crippen LogP contribution in [-0.2, 0) is 4.74 Å². The zero-order valence-electron chi connectivity index (χ0n) is 18.7. The summed E-state index contributed by atoms with van der Waals surface area (Å²) in [4.78, 5) is 18.6. The molecule has 0 aromatic heterocycles. The third kappa shape index (κ3) is 4.25. The maximum absolute atomic E-state index is 11.6. The summed E-state index contributed by atoms with van der Waals surface area (Å²) >= 11 is 0. The molecule has 5 nitrogen and oxygen atoms in total. The Hall–Kier alpha value is -3.08. The van der Waals surface area contributed by atoms with Gasteiger partial charge in [0.2, 0.25) is 0 Å². The molecule has 158 valence electrons. The molecule has 0 atom stereocenters. The molecule has 30 heavy (non-hydrogen) atoms. The molecule has 0 unspecified atom stereocenters. The van der Waals surface area contributed by atoms with Gasteiger partial charge in [0.25, 0.3) is 0 Å². The minimum atomic E-state index is -0.358.